The Morgan fingerprint density at radius 1 is 0.953 bits per heavy atom. The molecule has 1 amide bonds. The number of benzene rings is 3. The van der Waals surface area contributed by atoms with Gasteiger partial charge in [-0.15, -0.1) is 0 Å². The molecule has 0 unspecified atom stereocenters. The molecule has 9 nitrogen and oxygen atoms in total. The van der Waals surface area contributed by atoms with Gasteiger partial charge in [-0.25, -0.2) is 8.42 Å². The Labute approximate surface area is 254 Å². The summed E-state index contributed by atoms with van der Waals surface area (Å²) >= 11 is 0. The van der Waals surface area contributed by atoms with Gasteiger partial charge in [-0.05, 0) is 85.5 Å². The number of aliphatic hydroxyl groups excluding tert-OH is 1. The van der Waals surface area contributed by atoms with Crippen LogP contribution in [0.15, 0.2) is 77.7 Å². The van der Waals surface area contributed by atoms with Gasteiger partial charge < -0.3 is 20.8 Å². The molecular formula is C33H41N3O6S. The number of likely N-dealkylation sites (N-methyl/N-ethyl adjacent to an activating group) is 1. The van der Waals surface area contributed by atoms with Gasteiger partial charge in [0.15, 0.2) is 0 Å². The second kappa shape index (κ2) is 13.8. The van der Waals surface area contributed by atoms with Crippen molar-refractivity contribution in [2.45, 2.75) is 62.5 Å². The Morgan fingerprint density at radius 2 is 1.60 bits per heavy atom. The molecule has 10 heteroatoms. The highest BCUT2D eigenvalue weighted by molar-refractivity contribution is 7.89. The van der Waals surface area contributed by atoms with Crippen LogP contribution in [0.1, 0.15) is 44.2 Å². The third-order valence-corrected chi connectivity index (χ3v) is 9.65. The van der Waals surface area contributed by atoms with Crippen LogP contribution in [0.5, 0.6) is 0 Å². The number of aliphatic carboxylic acids is 1. The van der Waals surface area contributed by atoms with Gasteiger partial charge >= 0.3 is 5.97 Å². The maximum absolute atomic E-state index is 13.4. The molecule has 1 atom stereocenters. The number of fused-ring (bicyclic) bond motifs is 1. The molecule has 230 valence electrons. The summed E-state index contributed by atoms with van der Waals surface area (Å²) in [6, 6.07) is 22.0. The van der Waals surface area contributed by atoms with Crippen molar-refractivity contribution in [3.05, 3.63) is 83.9 Å². The summed E-state index contributed by atoms with van der Waals surface area (Å²) in [5.74, 6) is -0.902. The predicted octanol–water partition coefficient (Wildman–Crippen LogP) is 4.31. The molecule has 0 spiro atoms. The van der Waals surface area contributed by atoms with Crippen molar-refractivity contribution in [2.75, 3.05) is 25.5 Å². The van der Waals surface area contributed by atoms with Gasteiger partial charge in [-0.3, -0.25) is 9.59 Å². The number of amides is 1. The Kier molecular flexibility index (Phi) is 10.4. The Hall–Kier alpha value is -3.57. The summed E-state index contributed by atoms with van der Waals surface area (Å²) in [7, 11) is -2.40. The number of rotatable bonds is 14. The van der Waals surface area contributed by atoms with Crippen LogP contribution >= 0.6 is 0 Å². The lowest BCUT2D eigenvalue weighted by Gasteiger charge is -2.31. The highest BCUT2D eigenvalue weighted by Gasteiger charge is 2.29. The molecule has 0 aliphatic heterocycles. The molecule has 0 saturated carbocycles. The van der Waals surface area contributed by atoms with E-state index >= 15 is 0 Å². The first-order valence-electron chi connectivity index (χ1n) is 14.5. The van der Waals surface area contributed by atoms with E-state index in [0.29, 0.717) is 17.2 Å². The lowest BCUT2D eigenvalue weighted by molar-refractivity contribution is -0.138. The SMILES string of the molecule is CN(C[C@H](O)CNC(C)(C)CC1Cc2ccccc2C1)S(=O)(=O)c1cccc(-c2ccc(NC(=O)CCC(=O)O)cc2)c1. The third kappa shape index (κ3) is 8.96. The summed E-state index contributed by atoms with van der Waals surface area (Å²) in [4.78, 5) is 22.7. The summed E-state index contributed by atoms with van der Waals surface area (Å²) < 4.78 is 27.9. The molecule has 0 radical (unpaired) electrons. The number of carboxylic acids is 1. The van der Waals surface area contributed by atoms with Crippen LogP contribution in [-0.4, -0.2) is 66.6 Å². The van der Waals surface area contributed by atoms with E-state index in [1.54, 1.807) is 42.5 Å². The van der Waals surface area contributed by atoms with Gasteiger partial charge in [0.1, 0.15) is 0 Å². The number of carbonyl (C=O) groups excluding carboxylic acids is 1. The number of anilines is 1. The molecule has 0 saturated heterocycles. The first-order valence-corrected chi connectivity index (χ1v) is 15.9. The normalized spacial score (nSPS) is 14.4. The summed E-state index contributed by atoms with van der Waals surface area (Å²) in [5, 5.41) is 25.6. The van der Waals surface area contributed by atoms with Crippen molar-refractivity contribution in [3.63, 3.8) is 0 Å². The number of nitrogens with one attached hydrogen (secondary N) is 2. The number of β-amino-alcohol motifs (C(OH)–C–C–N with tert-alkyl or cyclic N) is 1. The van der Waals surface area contributed by atoms with Crippen LogP contribution in [0.4, 0.5) is 5.69 Å². The van der Waals surface area contributed by atoms with E-state index in [4.69, 9.17) is 5.11 Å². The van der Waals surface area contributed by atoms with Crippen molar-refractivity contribution < 1.29 is 28.2 Å². The molecule has 0 fully saturated rings. The standard InChI is InChI=1S/C33H41N3O6S/c1-33(2,20-23-17-25-7-4-5-8-26(25)18-23)34-21-29(37)22-36(3)43(41,42)30-10-6-9-27(19-30)24-11-13-28(14-12-24)35-31(38)15-16-32(39)40/h4-14,19,23,29,34,37H,15-18,20-22H2,1-3H3,(H,35,38)(H,39,40)/t29-/m1/s1. The number of carbonyl (C=O) groups is 2. The molecule has 0 aromatic heterocycles. The van der Waals surface area contributed by atoms with E-state index in [9.17, 15) is 23.1 Å². The maximum atomic E-state index is 13.4. The van der Waals surface area contributed by atoms with Gasteiger partial charge in [-0.1, -0.05) is 48.5 Å². The number of aliphatic hydroxyl groups is 1. The molecule has 3 aromatic rings. The first kappa shape index (κ1) is 32.3. The van der Waals surface area contributed by atoms with Crippen LogP contribution < -0.4 is 10.6 Å². The lowest BCUT2D eigenvalue weighted by atomic mass is 9.88. The van der Waals surface area contributed by atoms with Gasteiger partial charge in [0.2, 0.25) is 15.9 Å². The van der Waals surface area contributed by atoms with E-state index in [2.05, 4.69) is 48.7 Å². The van der Waals surface area contributed by atoms with Crippen LogP contribution in [-0.2, 0) is 32.5 Å². The zero-order chi connectivity index (χ0) is 31.2. The predicted molar refractivity (Wildman–Crippen MR) is 167 cm³/mol. The number of carboxylic acid groups (broad SMARTS) is 1. The molecule has 0 heterocycles. The average Bonchev–Trinajstić information content (AvgIpc) is 3.37. The molecule has 43 heavy (non-hydrogen) atoms. The number of hydrogen-bond acceptors (Lipinski definition) is 6. The van der Waals surface area contributed by atoms with Crippen LogP contribution in [0.3, 0.4) is 0 Å². The number of nitrogens with zero attached hydrogens (tertiary/aromatic N) is 1. The third-order valence-electron chi connectivity index (χ3n) is 7.83. The smallest absolute Gasteiger partial charge is 0.303 e. The maximum Gasteiger partial charge on any atom is 0.303 e. The van der Waals surface area contributed by atoms with Crippen molar-refractivity contribution in [3.8, 4) is 11.1 Å². The number of hydrogen-bond donors (Lipinski definition) is 4. The van der Waals surface area contributed by atoms with Gasteiger partial charge in [-0.2, -0.15) is 4.31 Å². The minimum atomic E-state index is -3.86. The van der Waals surface area contributed by atoms with Crippen LogP contribution in [0.2, 0.25) is 0 Å². The molecule has 4 rings (SSSR count). The second-order valence-corrected chi connectivity index (χ2v) is 14.0. The summed E-state index contributed by atoms with van der Waals surface area (Å²) in [5.41, 5.74) is 4.55. The first-order chi connectivity index (χ1) is 20.3. The van der Waals surface area contributed by atoms with E-state index in [-0.39, 0.29) is 36.4 Å². The fourth-order valence-corrected chi connectivity index (χ4v) is 6.90. The van der Waals surface area contributed by atoms with Crippen molar-refractivity contribution >= 4 is 27.6 Å². The van der Waals surface area contributed by atoms with E-state index in [1.807, 2.05) is 0 Å². The minimum absolute atomic E-state index is 0.0548. The lowest BCUT2D eigenvalue weighted by Crippen LogP contribution is -2.47. The van der Waals surface area contributed by atoms with Crippen molar-refractivity contribution in [2.24, 2.45) is 5.92 Å². The molecule has 1 aliphatic rings. The molecule has 3 aromatic carbocycles. The van der Waals surface area contributed by atoms with Gasteiger partial charge in [0.25, 0.3) is 0 Å². The van der Waals surface area contributed by atoms with Gasteiger partial charge in [0.05, 0.1) is 17.4 Å². The van der Waals surface area contributed by atoms with E-state index in [0.717, 1.165) is 24.8 Å². The largest absolute Gasteiger partial charge is 0.481 e. The Morgan fingerprint density at radius 3 is 2.23 bits per heavy atom. The fraction of sp³-hybridized carbons (Fsp3) is 0.394. The monoisotopic (exact) mass is 607 g/mol. The van der Waals surface area contributed by atoms with E-state index in [1.165, 1.54) is 28.5 Å². The van der Waals surface area contributed by atoms with Crippen molar-refractivity contribution in [1.29, 1.82) is 0 Å². The molecule has 0 bridgehead atoms. The second-order valence-electron chi connectivity index (χ2n) is 12.0. The summed E-state index contributed by atoms with van der Waals surface area (Å²) in [6.07, 6.45) is 1.80. The van der Waals surface area contributed by atoms with Crippen LogP contribution in [0, 0.1) is 5.92 Å². The quantitative estimate of drug-likeness (QED) is 0.214. The Bertz CT molecular complexity index is 1510. The Balaban J connectivity index is 1.31. The molecule has 4 N–H and O–H groups in total. The van der Waals surface area contributed by atoms with E-state index < -0.39 is 28.0 Å². The highest BCUT2D eigenvalue weighted by atomic mass is 32.2. The zero-order valence-corrected chi connectivity index (χ0v) is 25.7. The van der Waals surface area contributed by atoms with Crippen LogP contribution in [0.25, 0.3) is 11.1 Å². The fourth-order valence-electron chi connectivity index (χ4n) is 5.65. The summed E-state index contributed by atoms with van der Waals surface area (Å²) in [6.45, 7) is 4.45. The average molecular weight is 608 g/mol. The molecule has 1 aliphatic carbocycles. The number of sulfonamides is 1. The highest BCUT2D eigenvalue weighted by Crippen LogP contribution is 2.32. The van der Waals surface area contributed by atoms with Gasteiger partial charge in [0, 0.05) is 37.8 Å². The van der Waals surface area contributed by atoms with Crippen molar-refractivity contribution in [1.82, 2.24) is 9.62 Å². The zero-order valence-electron chi connectivity index (χ0n) is 24.9. The minimum Gasteiger partial charge on any atom is -0.481 e. The topological polar surface area (TPSA) is 136 Å². The molecular weight excluding hydrogens is 566 g/mol.